The molecule has 0 radical (unpaired) electrons. The lowest BCUT2D eigenvalue weighted by Crippen LogP contribution is -2.41. The molecule has 0 bridgehead atoms. The minimum atomic E-state index is -1.20. The molecule has 3 N–H and O–H groups in total. The van der Waals surface area contributed by atoms with Crippen LogP contribution >= 0.6 is 0 Å². The van der Waals surface area contributed by atoms with Crippen molar-refractivity contribution < 1.29 is 19.8 Å². The zero-order valence-electron chi connectivity index (χ0n) is 11.4. The van der Waals surface area contributed by atoms with E-state index in [0.29, 0.717) is 17.9 Å². The Bertz CT molecular complexity index is 669. The van der Waals surface area contributed by atoms with E-state index >= 15 is 0 Å². The van der Waals surface area contributed by atoms with Crippen molar-refractivity contribution in [3.05, 3.63) is 23.8 Å². The summed E-state index contributed by atoms with van der Waals surface area (Å²) < 4.78 is 1.44. The number of carboxylic acid groups (broad SMARTS) is 1. The van der Waals surface area contributed by atoms with Gasteiger partial charge in [-0.1, -0.05) is 6.92 Å². The molecule has 0 saturated heterocycles. The zero-order valence-corrected chi connectivity index (χ0v) is 11.4. The highest BCUT2D eigenvalue weighted by molar-refractivity contribution is 5.97. The molecule has 21 heavy (non-hydrogen) atoms. The molecule has 9 nitrogen and oxygen atoms in total. The first-order valence-electron chi connectivity index (χ1n) is 6.40. The van der Waals surface area contributed by atoms with Gasteiger partial charge in [0.05, 0.1) is 11.3 Å². The Morgan fingerprint density at radius 2 is 2.19 bits per heavy atom. The van der Waals surface area contributed by atoms with E-state index in [0.717, 1.165) is 0 Å². The number of rotatable bonds is 6. The van der Waals surface area contributed by atoms with E-state index in [2.05, 4.69) is 20.4 Å². The number of aromatic nitrogens is 4. The number of hydrogen-bond acceptors (Lipinski definition) is 6. The molecule has 1 atom stereocenters. The van der Waals surface area contributed by atoms with Crippen LogP contribution in [-0.2, 0) is 11.2 Å². The number of aliphatic carboxylic acids is 1. The number of hydrogen-bond donors (Lipinski definition) is 3. The maximum absolute atomic E-state index is 12.2. The normalized spacial score (nSPS) is 12.3. The van der Waals surface area contributed by atoms with Gasteiger partial charge >= 0.3 is 5.97 Å². The van der Waals surface area contributed by atoms with Gasteiger partial charge in [-0.15, -0.1) is 0 Å². The first-order valence-corrected chi connectivity index (χ1v) is 6.40. The highest BCUT2D eigenvalue weighted by Crippen LogP contribution is 2.10. The summed E-state index contributed by atoms with van der Waals surface area (Å²) in [5, 5.41) is 24.2. The highest BCUT2D eigenvalue weighted by Gasteiger charge is 2.22. The highest BCUT2D eigenvalue weighted by atomic mass is 16.4. The fourth-order valence-electron chi connectivity index (χ4n) is 1.98. The first-order chi connectivity index (χ1) is 10.1. The molecule has 0 aromatic carbocycles. The van der Waals surface area contributed by atoms with Crippen molar-refractivity contribution in [2.24, 2.45) is 0 Å². The molecule has 112 valence electrons. The van der Waals surface area contributed by atoms with Crippen molar-refractivity contribution >= 4 is 17.7 Å². The molecule has 9 heteroatoms. The Morgan fingerprint density at radius 1 is 1.43 bits per heavy atom. The van der Waals surface area contributed by atoms with E-state index in [1.165, 1.54) is 17.0 Å². The van der Waals surface area contributed by atoms with Crippen LogP contribution in [0.4, 0.5) is 0 Å². The molecule has 0 saturated carbocycles. The van der Waals surface area contributed by atoms with E-state index in [-0.39, 0.29) is 18.6 Å². The third-order valence-electron chi connectivity index (χ3n) is 3.01. The van der Waals surface area contributed by atoms with Crippen LogP contribution in [0.5, 0.6) is 0 Å². The Morgan fingerprint density at radius 3 is 2.81 bits per heavy atom. The number of carbonyl (C=O) groups excluding carboxylic acids is 1. The van der Waals surface area contributed by atoms with Crippen LogP contribution in [0.15, 0.2) is 12.5 Å². The molecule has 0 aliphatic heterocycles. The Balaban J connectivity index is 2.32. The molecule has 2 aromatic rings. The summed E-state index contributed by atoms with van der Waals surface area (Å²) in [6, 6.07) is -1.15. The van der Waals surface area contributed by atoms with Crippen molar-refractivity contribution in [1.82, 2.24) is 24.9 Å². The number of aliphatic hydroxyl groups excluding tert-OH is 1. The summed E-state index contributed by atoms with van der Waals surface area (Å²) in [7, 11) is 0. The predicted octanol–water partition coefficient (Wildman–Crippen LogP) is -0.748. The average Bonchev–Trinajstić information content (AvgIpc) is 2.93. The van der Waals surface area contributed by atoms with Gasteiger partial charge in [0, 0.05) is 19.2 Å². The number of nitrogens with one attached hydrogen (secondary N) is 1. The summed E-state index contributed by atoms with van der Waals surface area (Å²) in [5.74, 6) is -1.41. The number of carboxylic acids is 1. The number of aryl methyl sites for hydroxylation is 1. The monoisotopic (exact) mass is 293 g/mol. The number of fused-ring (bicyclic) bond motifs is 1. The lowest BCUT2D eigenvalue weighted by atomic mass is 10.1. The zero-order chi connectivity index (χ0) is 15.4. The van der Waals surface area contributed by atoms with Crippen molar-refractivity contribution in [3.8, 4) is 0 Å². The average molecular weight is 293 g/mol. The topological polar surface area (TPSA) is 130 Å². The van der Waals surface area contributed by atoms with E-state index in [1.54, 1.807) is 0 Å². The van der Waals surface area contributed by atoms with Crippen LogP contribution in [0.3, 0.4) is 0 Å². The molecule has 1 amide bonds. The van der Waals surface area contributed by atoms with Crippen LogP contribution in [0.2, 0.25) is 0 Å². The number of amides is 1. The van der Waals surface area contributed by atoms with Crippen LogP contribution in [-0.4, -0.2) is 54.3 Å². The fraction of sp³-hybridized carbons (Fsp3) is 0.417. The Hall–Kier alpha value is -2.55. The van der Waals surface area contributed by atoms with Gasteiger partial charge in [-0.3, -0.25) is 4.79 Å². The van der Waals surface area contributed by atoms with E-state index in [4.69, 9.17) is 10.2 Å². The SMILES string of the molecule is CCc1c(C(=O)NC(CCO)C(=O)O)cnc2ncnn12. The molecule has 0 aliphatic rings. The van der Waals surface area contributed by atoms with E-state index < -0.39 is 17.9 Å². The second-order valence-corrected chi connectivity index (χ2v) is 4.32. The molecule has 2 heterocycles. The third-order valence-corrected chi connectivity index (χ3v) is 3.01. The molecule has 2 aromatic heterocycles. The molecular weight excluding hydrogens is 278 g/mol. The Labute approximate surface area is 119 Å². The number of aliphatic hydroxyl groups is 1. The molecule has 0 aliphatic carbocycles. The minimum absolute atomic E-state index is 0.0679. The lowest BCUT2D eigenvalue weighted by molar-refractivity contribution is -0.139. The predicted molar refractivity (Wildman–Crippen MR) is 70.8 cm³/mol. The van der Waals surface area contributed by atoms with Gasteiger partial charge in [-0.2, -0.15) is 10.1 Å². The summed E-state index contributed by atoms with van der Waals surface area (Å²) in [5.41, 5.74) is 0.822. The van der Waals surface area contributed by atoms with Crippen molar-refractivity contribution in [3.63, 3.8) is 0 Å². The van der Waals surface area contributed by atoms with Gasteiger partial charge in [0.25, 0.3) is 11.7 Å². The van der Waals surface area contributed by atoms with Gasteiger partial charge in [0.15, 0.2) is 0 Å². The van der Waals surface area contributed by atoms with Gasteiger partial charge in [-0.05, 0) is 6.42 Å². The molecular formula is C12H15N5O4. The van der Waals surface area contributed by atoms with Gasteiger partial charge in [0.2, 0.25) is 0 Å². The largest absolute Gasteiger partial charge is 0.480 e. The van der Waals surface area contributed by atoms with Crippen LogP contribution < -0.4 is 5.32 Å². The Kier molecular flexibility index (Phi) is 4.43. The van der Waals surface area contributed by atoms with Crippen LogP contribution in [0.25, 0.3) is 5.78 Å². The smallest absolute Gasteiger partial charge is 0.326 e. The molecule has 2 rings (SSSR count). The van der Waals surface area contributed by atoms with Crippen molar-refractivity contribution in [1.29, 1.82) is 0 Å². The van der Waals surface area contributed by atoms with Gasteiger partial charge in [0.1, 0.15) is 12.4 Å². The van der Waals surface area contributed by atoms with Crippen LogP contribution in [0.1, 0.15) is 29.4 Å². The van der Waals surface area contributed by atoms with Crippen molar-refractivity contribution in [2.75, 3.05) is 6.61 Å². The van der Waals surface area contributed by atoms with E-state index in [9.17, 15) is 9.59 Å². The third kappa shape index (κ3) is 2.97. The van der Waals surface area contributed by atoms with Crippen molar-refractivity contribution in [2.45, 2.75) is 25.8 Å². The van der Waals surface area contributed by atoms with Gasteiger partial charge in [-0.25, -0.2) is 14.3 Å². The second kappa shape index (κ2) is 6.27. The number of nitrogens with zero attached hydrogens (tertiary/aromatic N) is 4. The molecule has 0 fully saturated rings. The maximum atomic E-state index is 12.2. The molecule has 0 spiro atoms. The summed E-state index contributed by atoms with van der Waals surface area (Å²) in [6.07, 6.45) is 3.11. The lowest BCUT2D eigenvalue weighted by Gasteiger charge is -2.14. The molecule has 1 unspecified atom stereocenters. The standard InChI is InChI=1S/C12H15N5O4/c1-2-9-7(5-13-12-14-6-15-17(9)12)10(19)16-8(3-4-18)11(20)21/h5-6,8,18H,2-4H2,1H3,(H,16,19)(H,20,21). The number of carbonyl (C=O) groups is 2. The summed E-state index contributed by atoms with van der Waals surface area (Å²) in [6.45, 7) is 1.51. The van der Waals surface area contributed by atoms with Crippen LogP contribution in [0, 0.1) is 0 Å². The summed E-state index contributed by atoms with van der Waals surface area (Å²) >= 11 is 0. The minimum Gasteiger partial charge on any atom is -0.480 e. The fourth-order valence-corrected chi connectivity index (χ4v) is 1.98. The maximum Gasteiger partial charge on any atom is 0.326 e. The quantitative estimate of drug-likeness (QED) is 0.639. The van der Waals surface area contributed by atoms with Gasteiger partial charge < -0.3 is 15.5 Å². The van der Waals surface area contributed by atoms with E-state index in [1.807, 2.05) is 6.92 Å². The summed E-state index contributed by atoms with van der Waals surface area (Å²) in [4.78, 5) is 31.2. The first kappa shape index (κ1) is 14.9. The second-order valence-electron chi connectivity index (χ2n) is 4.32.